The number of ether oxygens (including phenoxy) is 1. The molecule has 0 unspecified atom stereocenters. The van der Waals surface area contributed by atoms with Crippen LogP contribution in [0, 0.1) is 5.92 Å². The van der Waals surface area contributed by atoms with Crippen LogP contribution in [0.5, 0.6) is 0 Å². The lowest BCUT2D eigenvalue weighted by Gasteiger charge is -2.43. The van der Waals surface area contributed by atoms with E-state index in [2.05, 4.69) is 33.2 Å². The second-order valence-corrected chi connectivity index (χ2v) is 11.1. The SMILES string of the molecule is C[C@@]1(N2CCC(c3cc4cc(NC(=O)[C@H]5C[C@@H]5c5cccnc5)ncc4cc3Cl)CC2)COC[C@@H]1O. The van der Waals surface area contributed by atoms with Crippen molar-refractivity contribution in [1.29, 1.82) is 0 Å². The largest absolute Gasteiger partial charge is 0.389 e. The fraction of sp³-hybridized carbons (Fsp3) is 0.464. The van der Waals surface area contributed by atoms with E-state index in [0.29, 0.717) is 24.9 Å². The number of nitrogens with zero attached hydrogens (tertiary/aromatic N) is 3. The predicted molar refractivity (Wildman–Crippen MR) is 139 cm³/mol. The summed E-state index contributed by atoms with van der Waals surface area (Å²) in [5.41, 5.74) is 1.94. The summed E-state index contributed by atoms with van der Waals surface area (Å²) >= 11 is 6.72. The number of carbonyl (C=O) groups is 1. The van der Waals surface area contributed by atoms with E-state index in [4.69, 9.17) is 16.3 Å². The van der Waals surface area contributed by atoms with Crippen LogP contribution in [-0.2, 0) is 9.53 Å². The highest BCUT2D eigenvalue weighted by molar-refractivity contribution is 6.32. The van der Waals surface area contributed by atoms with Crippen LogP contribution in [0.25, 0.3) is 10.8 Å². The first-order valence-corrected chi connectivity index (χ1v) is 13.1. The average Bonchev–Trinajstić information content (AvgIpc) is 3.63. The topological polar surface area (TPSA) is 87.6 Å². The van der Waals surface area contributed by atoms with Gasteiger partial charge in [-0.3, -0.25) is 14.7 Å². The van der Waals surface area contributed by atoms with Gasteiger partial charge in [0, 0.05) is 34.9 Å². The molecule has 1 amide bonds. The van der Waals surface area contributed by atoms with Gasteiger partial charge < -0.3 is 15.2 Å². The summed E-state index contributed by atoms with van der Waals surface area (Å²) in [6.07, 6.45) is 7.70. The molecule has 1 aliphatic carbocycles. The van der Waals surface area contributed by atoms with Crippen molar-refractivity contribution in [2.75, 3.05) is 31.6 Å². The van der Waals surface area contributed by atoms with Crippen molar-refractivity contribution in [1.82, 2.24) is 14.9 Å². The van der Waals surface area contributed by atoms with E-state index < -0.39 is 6.10 Å². The molecule has 1 aromatic carbocycles. The van der Waals surface area contributed by atoms with Crippen LogP contribution in [0.4, 0.5) is 5.82 Å². The summed E-state index contributed by atoms with van der Waals surface area (Å²) in [6, 6.07) is 10.0. The number of nitrogens with one attached hydrogen (secondary N) is 1. The number of piperidine rings is 1. The molecule has 0 spiro atoms. The van der Waals surface area contributed by atoms with E-state index in [0.717, 1.165) is 59.3 Å². The minimum absolute atomic E-state index is 0.00355. The molecule has 2 N–H and O–H groups in total. The van der Waals surface area contributed by atoms with Gasteiger partial charge in [-0.1, -0.05) is 17.7 Å². The summed E-state index contributed by atoms with van der Waals surface area (Å²) in [7, 11) is 0. The number of likely N-dealkylation sites (tertiary alicyclic amines) is 1. The summed E-state index contributed by atoms with van der Waals surface area (Å²) in [5.74, 6) is 1.11. The summed E-state index contributed by atoms with van der Waals surface area (Å²) in [5, 5.41) is 16.2. The molecule has 2 aliphatic heterocycles. The number of fused-ring (bicyclic) bond motifs is 1. The summed E-state index contributed by atoms with van der Waals surface area (Å²) in [4.78, 5) is 23.8. The number of aromatic nitrogens is 2. The van der Waals surface area contributed by atoms with E-state index in [9.17, 15) is 9.90 Å². The van der Waals surface area contributed by atoms with Crippen LogP contribution in [0.3, 0.4) is 0 Å². The van der Waals surface area contributed by atoms with Gasteiger partial charge in [-0.15, -0.1) is 0 Å². The first-order valence-electron chi connectivity index (χ1n) is 12.7. The number of carbonyl (C=O) groups excluding carboxylic acids is 1. The number of rotatable bonds is 5. The first-order chi connectivity index (χ1) is 17.4. The first kappa shape index (κ1) is 23.8. The minimum Gasteiger partial charge on any atom is -0.389 e. The normalized spacial score (nSPS) is 28.9. The van der Waals surface area contributed by atoms with Crippen LogP contribution in [0.15, 0.2) is 48.9 Å². The highest BCUT2D eigenvalue weighted by Crippen LogP contribution is 2.47. The van der Waals surface area contributed by atoms with E-state index in [1.54, 1.807) is 12.4 Å². The molecule has 0 bridgehead atoms. The van der Waals surface area contributed by atoms with E-state index >= 15 is 0 Å². The van der Waals surface area contributed by atoms with Gasteiger partial charge in [-0.25, -0.2) is 4.98 Å². The molecule has 4 atom stereocenters. The Labute approximate surface area is 215 Å². The fourth-order valence-electron chi connectivity index (χ4n) is 5.89. The quantitative estimate of drug-likeness (QED) is 0.535. The number of benzene rings is 1. The molecule has 188 valence electrons. The number of aliphatic hydroxyl groups excluding tert-OH is 1. The zero-order valence-electron chi connectivity index (χ0n) is 20.4. The van der Waals surface area contributed by atoms with Gasteiger partial charge in [0.2, 0.25) is 5.91 Å². The molecule has 2 aromatic heterocycles. The van der Waals surface area contributed by atoms with Gasteiger partial charge >= 0.3 is 0 Å². The fourth-order valence-corrected chi connectivity index (χ4v) is 6.21. The van der Waals surface area contributed by atoms with Crippen molar-refractivity contribution in [3.05, 3.63) is 65.1 Å². The van der Waals surface area contributed by atoms with E-state index in [-0.39, 0.29) is 23.3 Å². The highest BCUT2D eigenvalue weighted by Gasteiger charge is 2.45. The van der Waals surface area contributed by atoms with Crippen LogP contribution >= 0.6 is 11.6 Å². The van der Waals surface area contributed by atoms with Crippen LogP contribution in [0.1, 0.15) is 49.1 Å². The zero-order valence-corrected chi connectivity index (χ0v) is 21.1. The van der Waals surface area contributed by atoms with Crippen molar-refractivity contribution >= 4 is 34.1 Å². The Morgan fingerprint density at radius 1 is 1.22 bits per heavy atom. The monoisotopic (exact) mass is 506 g/mol. The Hall–Kier alpha value is -2.58. The zero-order chi connectivity index (χ0) is 24.9. The van der Waals surface area contributed by atoms with Crippen LogP contribution in [0.2, 0.25) is 5.02 Å². The molecule has 3 fully saturated rings. The second kappa shape index (κ2) is 9.38. The van der Waals surface area contributed by atoms with Gasteiger partial charge in [0.05, 0.1) is 24.9 Å². The Kier molecular flexibility index (Phi) is 6.20. The van der Waals surface area contributed by atoms with E-state index in [1.165, 1.54) is 0 Å². The maximum absolute atomic E-state index is 12.8. The molecule has 3 aromatic rings. The molecule has 7 nitrogen and oxygen atoms in total. The average molecular weight is 507 g/mol. The molecule has 2 saturated heterocycles. The smallest absolute Gasteiger partial charge is 0.229 e. The molecular weight excluding hydrogens is 476 g/mol. The van der Waals surface area contributed by atoms with E-state index in [1.807, 2.05) is 30.5 Å². The van der Waals surface area contributed by atoms with Gasteiger partial charge in [-0.2, -0.15) is 0 Å². The Morgan fingerprint density at radius 3 is 2.78 bits per heavy atom. The van der Waals surface area contributed by atoms with Crippen molar-refractivity contribution in [3.8, 4) is 0 Å². The number of pyridine rings is 2. The number of aliphatic hydroxyl groups is 1. The van der Waals surface area contributed by atoms with Gasteiger partial charge in [0.15, 0.2) is 0 Å². The number of halogens is 1. The van der Waals surface area contributed by atoms with Gasteiger partial charge in [-0.05, 0) is 91.9 Å². The lowest BCUT2D eigenvalue weighted by Crippen LogP contribution is -2.56. The lowest BCUT2D eigenvalue weighted by atomic mass is 9.85. The third kappa shape index (κ3) is 4.39. The standard InChI is InChI=1S/C28H31ClN4O3/c1-28(16-36-15-25(28)34)33-7-4-17(5-8-33)22-9-19-11-26(31-14-20(19)10-24(22)29)32-27(35)23-12-21(23)18-3-2-6-30-13-18/h2-3,6,9-11,13-14,17,21,23,25,34H,4-5,7-8,12,15-16H2,1H3,(H,31,32,35)/t21-,23+,25+,28-/m1/s1. The molecule has 3 aliphatic rings. The Balaban J connectivity index is 1.15. The summed E-state index contributed by atoms with van der Waals surface area (Å²) in [6.45, 7) is 4.86. The molecular formula is C28H31ClN4O3. The minimum atomic E-state index is -0.449. The van der Waals surface area contributed by atoms with Crippen LogP contribution in [-0.4, -0.2) is 63.8 Å². The molecule has 36 heavy (non-hydrogen) atoms. The molecule has 8 heteroatoms. The van der Waals surface area contributed by atoms with Crippen molar-refractivity contribution in [2.45, 2.75) is 49.7 Å². The summed E-state index contributed by atoms with van der Waals surface area (Å²) < 4.78 is 5.54. The lowest BCUT2D eigenvalue weighted by molar-refractivity contribution is -0.117. The number of hydrogen-bond acceptors (Lipinski definition) is 6. The predicted octanol–water partition coefficient (Wildman–Crippen LogP) is 4.35. The Bertz CT molecular complexity index is 1280. The third-order valence-electron chi connectivity index (χ3n) is 8.37. The number of hydrogen-bond donors (Lipinski definition) is 2. The molecule has 0 radical (unpaired) electrons. The maximum atomic E-state index is 12.8. The number of amides is 1. The highest BCUT2D eigenvalue weighted by atomic mass is 35.5. The third-order valence-corrected chi connectivity index (χ3v) is 8.70. The molecule has 4 heterocycles. The molecule has 1 saturated carbocycles. The van der Waals surface area contributed by atoms with Crippen LogP contribution < -0.4 is 5.32 Å². The van der Waals surface area contributed by atoms with Gasteiger partial charge in [0.1, 0.15) is 5.82 Å². The van der Waals surface area contributed by atoms with Crippen molar-refractivity contribution in [3.63, 3.8) is 0 Å². The van der Waals surface area contributed by atoms with Crippen molar-refractivity contribution in [2.24, 2.45) is 5.92 Å². The second-order valence-electron chi connectivity index (χ2n) is 10.7. The Morgan fingerprint density at radius 2 is 2.06 bits per heavy atom. The maximum Gasteiger partial charge on any atom is 0.229 e. The molecule has 6 rings (SSSR count). The van der Waals surface area contributed by atoms with Crippen molar-refractivity contribution < 1.29 is 14.6 Å². The number of anilines is 1. The van der Waals surface area contributed by atoms with Gasteiger partial charge in [0.25, 0.3) is 0 Å².